The SMILES string of the molecule is CC1CC2(CC(C)(C)OC2=O)C(C)O1. The van der Waals surface area contributed by atoms with E-state index in [0.717, 1.165) is 12.8 Å². The summed E-state index contributed by atoms with van der Waals surface area (Å²) in [5.74, 6) is -0.0700. The highest BCUT2D eigenvalue weighted by Gasteiger charge is 2.59. The molecule has 3 atom stereocenters. The van der Waals surface area contributed by atoms with Gasteiger partial charge >= 0.3 is 5.97 Å². The van der Waals surface area contributed by atoms with E-state index in [0.29, 0.717) is 0 Å². The molecule has 0 N–H and O–H groups in total. The van der Waals surface area contributed by atoms with Gasteiger partial charge in [0.1, 0.15) is 11.0 Å². The lowest BCUT2D eigenvalue weighted by Crippen LogP contribution is -2.33. The van der Waals surface area contributed by atoms with Crippen molar-refractivity contribution in [3.8, 4) is 0 Å². The smallest absolute Gasteiger partial charge is 0.315 e. The van der Waals surface area contributed by atoms with Gasteiger partial charge in [0, 0.05) is 6.42 Å². The molecule has 0 amide bonds. The molecule has 2 saturated heterocycles. The third-order valence-corrected chi connectivity index (χ3v) is 3.38. The van der Waals surface area contributed by atoms with E-state index in [4.69, 9.17) is 9.47 Å². The van der Waals surface area contributed by atoms with Gasteiger partial charge in [-0.05, 0) is 34.1 Å². The molecule has 3 heteroatoms. The lowest BCUT2D eigenvalue weighted by Gasteiger charge is -2.22. The van der Waals surface area contributed by atoms with Crippen molar-refractivity contribution >= 4 is 5.97 Å². The fourth-order valence-corrected chi connectivity index (χ4v) is 2.89. The quantitative estimate of drug-likeness (QED) is 0.558. The molecule has 0 radical (unpaired) electrons. The van der Waals surface area contributed by atoms with Crippen LogP contribution in [0.15, 0.2) is 0 Å². The van der Waals surface area contributed by atoms with E-state index in [1.807, 2.05) is 27.7 Å². The molecule has 2 heterocycles. The zero-order valence-corrected chi connectivity index (χ0v) is 9.29. The molecule has 0 aliphatic carbocycles. The third kappa shape index (κ3) is 1.26. The number of hydrogen-bond acceptors (Lipinski definition) is 3. The van der Waals surface area contributed by atoms with Crippen molar-refractivity contribution in [2.75, 3.05) is 0 Å². The van der Waals surface area contributed by atoms with Gasteiger partial charge in [0.2, 0.25) is 0 Å². The average Bonchev–Trinajstić information content (AvgIpc) is 2.35. The Morgan fingerprint density at radius 2 is 2.00 bits per heavy atom. The van der Waals surface area contributed by atoms with Crippen LogP contribution in [0.5, 0.6) is 0 Å². The van der Waals surface area contributed by atoms with Crippen LogP contribution in [0.25, 0.3) is 0 Å². The summed E-state index contributed by atoms with van der Waals surface area (Å²) in [6, 6.07) is 0. The molecule has 0 aromatic heterocycles. The third-order valence-electron chi connectivity index (χ3n) is 3.38. The Labute approximate surface area is 84.8 Å². The highest BCUT2D eigenvalue weighted by Crippen LogP contribution is 2.51. The monoisotopic (exact) mass is 198 g/mol. The standard InChI is InChI=1S/C11H18O3/c1-7-5-11(8(2)13-7)6-10(3,4)14-9(11)12/h7-8H,5-6H2,1-4H3. The predicted octanol–water partition coefficient (Wildman–Crippen LogP) is 1.90. The predicted molar refractivity (Wildman–Crippen MR) is 51.8 cm³/mol. The second kappa shape index (κ2) is 2.72. The van der Waals surface area contributed by atoms with E-state index in [1.165, 1.54) is 0 Å². The maximum absolute atomic E-state index is 11.9. The first-order valence-electron chi connectivity index (χ1n) is 5.25. The van der Waals surface area contributed by atoms with Crippen LogP contribution in [-0.4, -0.2) is 23.8 Å². The Morgan fingerprint density at radius 1 is 1.36 bits per heavy atom. The van der Waals surface area contributed by atoms with Crippen LogP contribution in [-0.2, 0) is 14.3 Å². The fourth-order valence-electron chi connectivity index (χ4n) is 2.89. The van der Waals surface area contributed by atoms with Gasteiger partial charge < -0.3 is 9.47 Å². The van der Waals surface area contributed by atoms with Crippen LogP contribution >= 0.6 is 0 Å². The van der Waals surface area contributed by atoms with Crippen LogP contribution in [0.4, 0.5) is 0 Å². The van der Waals surface area contributed by atoms with Crippen molar-refractivity contribution in [1.82, 2.24) is 0 Å². The summed E-state index contributed by atoms with van der Waals surface area (Å²) in [6.07, 6.45) is 1.75. The minimum absolute atomic E-state index is 0.00762. The molecule has 80 valence electrons. The summed E-state index contributed by atoms with van der Waals surface area (Å²) >= 11 is 0. The van der Waals surface area contributed by atoms with Crippen molar-refractivity contribution in [3.63, 3.8) is 0 Å². The maximum Gasteiger partial charge on any atom is 0.315 e. The molecule has 2 fully saturated rings. The van der Waals surface area contributed by atoms with Crippen molar-refractivity contribution in [1.29, 1.82) is 0 Å². The normalized spacial score (nSPS) is 45.9. The molecule has 2 aliphatic heterocycles. The largest absolute Gasteiger partial charge is 0.459 e. The van der Waals surface area contributed by atoms with Gasteiger partial charge in [-0.2, -0.15) is 0 Å². The van der Waals surface area contributed by atoms with Crippen LogP contribution in [0, 0.1) is 5.41 Å². The van der Waals surface area contributed by atoms with Crippen molar-refractivity contribution in [2.24, 2.45) is 5.41 Å². The summed E-state index contributed by atoms with van der Waals surface area (Å²) in [7, 11) is 0. The number of hydrogen-bond donors (Lipinski definition) is 0. The Balaban J connectivity index is 2.29. The van der Waals surface area contributed by atoms with Gasteiger partial charge in [-0.3, -0.25) is 4.79 Å². The van der Waals surface area contributed by atoms with E-state index in [1.54, 1.807) is 0 Å². The Kier molecular flexibility index (Phi) is 1.94. The van der Waals surface area contributed by atoms with Gasteiger partial charge in [-0.15, -0.1) is 0 Å². The maximum atomic E-state index is 11.9. The minimum atomic E-state index is -0.372. The minimum Gasteiger partial charge on any atom is -0.459 e. The number of rotatable bonds is 0. The first kappa shape index (κ1) is 9.97. The first-order valence-corrected chi connectivity index (χ1v) is 5.25. The van der Waals surface area contributed by atoms with Gasteiger partial charge in [0.15, 0.2) is 0 Å². The lowest BCUT2D eigenvalue weighted by molar-refractivity contribution is -0.153. The van der Waals surface area contributed by atoms with Crippen LogP contribution in [0.3, 0.4) is 0 Å². The van der Waals surface area contributed by atoms with E-state index >= 15 is 0 Å². The van der Waals surface area contributed by atoms with E-state index in [2.05, 4.69) is 0 Å². The van der Waals surface area contributed by atoms with Crippen molar-refractivity contribution < 1.29 is 14.3 Å². The Morgan fingerprint density at radius 3 is 2.36 bits per heavy atom. The molecule has 2 rings (SSSR count). The van der Waals surface area contributed by atoms with Gasteiger partial charge in [0.05, 0.1) is 12.2 Å². The number of carbonyl (C=O) groups excluding carboxylic acids is 1. The molecular weight excluding hydrogens is 180 g/mol. The summed E-state index contributed by atoms with van der Waals surface area (Å²) in [4.78, 5) is 11.9. The number of esters is 1. The highest BCUT2D eigenvalue weighted by atomic mass is 16.6. The zero-order valence-electron chi connectivity index (χ0n) is 9.29. The molecule has 0 aromatic rings. The molecule has 2 aliphatic rings. The first-order chi connectivity index (χ1) is 6.36. The fraction of sp³-hybridized carbons (Fsp3) is 0.909. The van der Waals surface area contributed by atoms with Gasteiger partial charge in [0.25, 0.3) is 0 Å². The summed E-state index contributed by atoms with van der Waals surface area (Å²) in [6.45, 7) is 7.93. The van der Waals surface area contributed by atoms with Crippen LogP contribution < -0.4 is 0 Å². The average molecular weight is 198 g/mol. The number of carbonyl (C=O) groups is 1. The summed E-state index contributed by atoms with van der Waals surface area (Å²) < 4.78 is 11.0. The molecule has 0 aromatic carbocycles. The van der Waals surface area contributed by atoms with E-state index < -0.39 is 0 Å². The van der Waals surface area contributed by atoms with Gasteiger partial charge in [-0.1, -0.05) is 0 Å². The molecule has 3 unspecified atom stereocenters. The summed E-state index contributed by atoms with van der Waals surface area (Å²) in [5, 5.41) is 0. The van der Waals surface area contributed by atoms with Crippen molar-refractivity contribution in [2.45, 2.75) is 58.3 Å². The van der Waals surface area contributed by atoms with Crippen LogP contribution in [0.2, 0.25) is 0 Å². The molecule has 0 saturated carbocycles. The van der Waals surface area contributed by atoms with Gasteiger partial charge in [-0.25, -0.2) is 0 Å². The highest BCUT2D eigenvalue weighted by molar-refractivity contribution is 5.80. The van der Waals surface area contributed by atoms with E-state index in [9.17, 15) is 4.79 Å². The Bertz CT molecular complexity index is 272. The molecule has 14 heavy (non-hydrogen) atoms. The lowest BCUT2D eigenvalue weighted by atomic mass is 9.75. The molecular formula is C11H18O3. The molecule has 3 nitrogen and oxygen atoms in total. The Hall–Kier alpha value is -0.570. The van der Waals surface area contributed by atoms with Crippen molar-refractivity contribution in [3.05, 3.63) is 0 Å². The summed E-state index contributed by atoms with van der Waals surface area (Å²) in [5.41, 5.74) is -0.693. The molecule has 0 bridgehead atoms. The zero-order chi connectivity index (χ0) is 10.6. The number of ether oxygens (including phenoxy) is 2. The number of cyclic esters (lactones) is 1. The van der Waals surface area contributed by atoms with Crippen LogP contribution in [0.1, 0.15) is 40.5 Å². The van der Waals surface area contributed by atoms with E-state index in [-0.39, 0.29) is 29.2 Å². The second-order valence-corrected chi connectivity index (χ2v) is 5.28. The molecule has 1 spiro atoms. The second-order valence-electron chi connectivity index (χ2n) is 5.28. The topological polar surface area (TPSA) is 35.5 Å².